The fourth-order valence-corrected chi connectivity index (χ4v) is 1.72. The van der Waals surface area contributed by atoms with Crippen LogP contribution in [0.5, 0.6) is 11.5 Å². The summed E-state index contributed by atoms with van der Waals surface area (Å²) < 4.78 is 0. The number of aromatic hydroxyl groups is 2. The topological polar surface area (TPSA) is 60.7 Å². The summed E-state index contributed by atoms with van der Waals surface area (Å²) in [5.41, 5.74) is 0.822. The van der Waals surface area contributed by atoms with Gasteiger partial charge in [-0.3, -0.25) is 0 Å². The first-order valence-corrected chi connectivity index (χ1v) is 4.37. The predicted octanol–water partition coefficient (Wildman–Crippen LogP) is 1.34. The van der Waals surface area contributed by atoms with Crippen LogP contribution in [-0.2, 0) is 0 Å². The van der Waals surface area contributed by atoms with Crippen LogP contribution in [-0.4, -0.2) is 21.4 Å². The smallest absolute Gasteiger partial charge is 0.122 e. The molecule has 1 fully saturated rings. The molecule has 0 spiro atoms. The Hall–Kier alpha value is -1.22. The van der Waals surface area contributed by atoms with E-state index < -0.39 is 0 Å². The zero-order valence-corrected chi connectivity index (χ0v) is 7.14. The van der Waals surface area contributed by atoms with E-state index in [2.05, 4.69) is 0 Å². The number of aliphatic hydroxyl groups is 1. The van der Waals surface area contributed by atoms with Crippen LogP contribution in [0.25, 0.3) is 0 Å². The molecule has 1 aliphatic carbocycles. The predicted molar refractivity (Wildman–Crippen MR) is 47.8 cm³/mol. The fourth-order valence-electron chi connectivity index (χ4n) is 1.72. The SMILES string of the molecule is Oc1ccc(C2CC(O)C2)c(O)c1. The van der Waals surface area contributed by atoms with Gasteiger partial charge in [0.15, 0.2) is 0 Å². The highest BCUT2D eigenvalue weighted by molar-refractivity contribution is 5.41. The van der Waals surface area contributed by atoms with Gasteiger partial charge in [0.1, 0.15) is 11.5 Å². The Morgan fingerprint density at radius 2 is 1.85 bits per heavy atom. The van der Waals surface area contributed by atoms with Gasteiger partial charge >= 0.3 is 0 Å². The van der Waals surface area contributed by atoms with Crippen molar-refractivity contribution in [1.29, 1.82) is 0 Å². The zero-order valence-electron chi connectivity index (χ0n) is 7.14. The average Bonchev–Trinajstić information content (AvgIpc) is 2.00. The van der Waals surface area contributed by atoms with Gasteiger partial charge in [0.25, 0.3) is 0 Å². The van der Waals surface area contributed by atoms with E-state index in [9.17, 15) is 5.11 Å². The van der Waals surface area contributed by atoms with Crippen molar-refractivity contribution < 1.29 is 15.3 Å². The Bertz CT molecular complexity index is 316. The molecular formula is C10H12O3. The Balaban J connectivity index is 2.21. The number of hydrogen-bond donors (Lipinski definition) is 3. The average molecular weight is 180 g/mol. The van der Waals surface area contributed by atoms with E-state index >= 15 is 0 Å². The Morgan fingerprint density at radius 1 is 1.15 bits per heavy atom. The van der Waals surface area contributed by atoms with Gasteiger partial charge in [0, 0.05) is 6.07 Å². The lowest BCUT2D eigenvalue weighted by Gasteiger charge is -2.32. The maximum absolute atomic E-state index is 9.47. The number of aliphatic hydroxyl groups excluding tert-OH is 1. The lowest BCUT2D eigenvalue weighted by molar-refractivity contribution is 0.0738. The van der Waals surface area contributed by atoms with Gasteiger partial charge in [-0.05, 0) is 30.4 Å². The minimum absolute atomic E-state index is 0.0705. The molecular weight excluding hydrogens is 168 g/mol. The van der Waals surface area contributed by atoms with Crippen LogP contribution in [0.2, 0.25) is 0 Å². The third-order valence-corrected chi connectivity index (χ3v) is 2.57. The van der Waals surface area contributed by atoms with E-state index in [1.54, 1.807) is 12.1 Å². The quantitative estimate of drug-likeness (QED) is 0.611. The molecule has 1 aliphatic rings. The number of hydrogen-bond acceptors (Lipinski definition) is 3. The number of rotatable bonds is 1. The molecule has 0 bridgehead atoms. The minimum Gasteiger partial charge on any atom is -0.508 e. The van der Waals surface area contributed by atoms with E-state index in [0.717, 1.165) is 5.56 Å². The molecule has 0 atom stereocenters. The van der Waals surface area contributed by atoms with Gasteiger partial charge < -0.3 is 15.3 Å². The molecule has 3 nitrogen and oxygen atoms in total. The third kappa shape index (κ3) is 1.47. The molecule has 70 valence electrons. The van der Waals surface area contributed by atoms with Gasteiger partial charge in [0.05, 0.1) is 6.10 Å². The molecule has 1 aromatic carbocycles. The first-order valence-electron chi connectivity index (χ1n) is 4.37. The molecule has 0 unspecified atom stereocenters. The molecule has 3 heteroatoms. The molecule has 1 aromatic rings. The van der Waals surface area contributed by atoms with Crippen molar-refractivity contribution in [2.75, 3.05) is 0 Å². The number of phenols is 2. The van der Waals surface area contributed by atoms with Crippen LogP contribution in [0.1, 0.15) is 24.3 Å². The summed E-state index contributed by atoms with van der Waals surface area (Å²) in [5.74, 6) is 0.439. The van der Waals surface area contributed by atoms with Crippen LogP contribution >= 0.6 is 0 Å². The zero-order chi connectivity index (χ0) is 9.42. The normalized spacial score (nSPS) is 26.8. The summed E-state index contributed by atoms with van der Waals surface area (Å²) in [6.07, 6.45) is 1.19. The third-order valence-electron chi connectivity index (χ3n) is 2.57. The first-order chi connectivity index (χ1) is 6.16. The van der Waals surface area contributed by atoms with Gasteiger partial charge in [-0.2, -0.15) is 0 Å². The molecule has 0 heterocycles. The van der Waals surface area contributed by atoms with E-state index in [1.165, 1.54) is 6.07 Å². The lowest BCUT2D eigenvalue weighted by Crippen LogP contribution is -2.26. The highest BCUT2D eigenvalue weighted by Crippen LogP contribution is 2.41. The molecule has 0 aliphatic heterocycles. The van der Waals surface area contributed by atoms with Crippen molar-refractivity contribution in [3.05, 3.63) is 23.8 Å². The maximum atomic E-state index is 9.47. The molecule has 0 amide bonds. The highest BCUT2D eigenvalue weighted by Gasteiger charge is 2.30. The van der Waals surface area contributed by atoms with Crippen molar-refractivity contribution in [2.24, 2.45) is 0 Å². The molecule has 0 saturated heterocycles. The van der Waals surface area contributed by atoms with E-state index in [4.69, 9.17) is 10.2 Å². The van der Waals surface area contributed by atoms with Crippen molar-refractivity contribution in [2.45, 2.75) is 24.9 Å². The molecule has 0 aromatic heterocycles. The minimum atomic E-state index is -0.224. The first kappa shape index (κ1) is 8.38. The monoisotopic (exact) mass is 180 g/mol. The van der Waals surface area contributed by atoms with Gasteiger partial charge in [-0.15, -0.1) is 0 Å². The molecule has 1 saturated carbocycles. The number of phenolic OH excluding ortho intramolecular Hbond substituents is 2. The van der Waals surface area contributed by atoms with E-state index in [-0.39, 0.29) is 23.5 Å². The van der Waals surface area contributed by atoms with Gasteiger partial charge in [0.2, 0.25) is 0 Å². The lowest BCUT2D eigenvalue weighted by atomic mass is 9.77. The van der Waals surface area contributed by atoms with Crippen molar-refractivity contribution in [3.63, 3.8) is 0 Å². The Kier molecular flexibility index (Phi) is 1.88. The largest absolute Gasteiger partial charge is 0.508 e. The fraction of sp³-hybridized carbons (Fsp3) is 0.400. The summed E-state index contributed by atoms with van der Waals surface area (Å²) in [6, 6.07) is 4.60. The maximum Gasteiger partial charge on any atom is 0.122 e. The number of benzene rings is 1. The summed E-state index contributed by atoms with van der Waals surface area (Å²) in [7, 11) is 0. The highest BCUT2D eigenvalue weighted by atomic mass is 16.3. The van der Waals surface area contributed by atoms with Crippen molar-refractivity contribution in [1.82, 2.24) is 0 Å². The van der Waals surface area contributed by atoms with Crippen LogP contribution in [0.3, 0.4) is 0 Å². The summed E-state index contributed by atoms with van der Waals surface area (Å²) in [4.78, 5) is 0. The molecule has 2 rings (SSSR count). The second kappa shape index (κ2) is 2.92. The Labute approximate surface area is 76.3 Å². The van der Waals surface area contributed by atoms with E-state index in [1.807, 2.05) is 0 Å². The van der Waals surface area contributed by atoms with E-state index in [0.29, 0.717) is 12.8 Å². The van der Waals surface area contributed by atoms with Gasteiger partial charge in [-0.25, -0.2) is 0 Å². The second-order valence-corrected chi connectivity index (χ2v) is 3.57. The van der Waals surface area contributed by atoms with Crippen molar-refractivity contribution >= 4 is 0 Å². The molecule has 13 heavy (non-hydrogen) atoms. The Morgan fingerprint density at radius 3 is 2.38 bits per heavy atom. The summed E-state index contributed by atoms with van der Waals surface area (Å²) in [6.45, 7) is 0. The van der Waals surface area contributed by atoms with Crippen LogP contribution in [0.4, 0.5) is 0 Å². The van der Waals surface area contributed by atoms with Crippen molar-refractivity contribution in [3.8, 4) is 11.5 Å². The molecule has 0 radical (unpaired) electrons. The summed E-state index contributed by atoms with van der Waals surface area (Å²) >= 11 is 0. The standard InChI is InChI=1S/C10H12O3/c11-7-1-2-9(10(13)5-7)6-3-8(12)4-6/h1-2,5-6,8,11-13H,3-4H2. The molecule has 3 N–H and O–H groups in total. The van der Waals surface area contributed by atoms with Crippen LogP contribution in [0.15, 0.2) is 18.2 Å². The van der Waals surface area contributed by atoms with Gasteiger partial charge in [-0.1, -0.05) is 6.07 Å². The summed E-state index contributed by atoms with van der Waals surface area (Å²) in [5, 5.41) is 27.6. The van der Waals surface area contributed by atoms with Crippen LogP contribution < -0.4 is 0 Å². The second-order valence-electron chi connectivity index (χ2n) is 3.57. The van der Waals surface area contributed by atoms with Crippen LogP contribution in [0, 0.1) is 0 Å².